The van der Waals surface area contributed by atoms with Crippen molar-refractivity contribution in [3.05, 3.63) is 0 Å². The van der Waals surface area contributed by atoms with Crippen molar-refractivity contribution in [3.63, 3.8) is 0 Å². The first kappa shape index (κ1) is 11.3. The summed E-state index contributed by atoms with van der Waals surface area (Å²) in [5.41, 5.74) is 0. The fourth-order valence-electron chi connectivity index (χ4n) is 0.932. The van der Waals surface area contributed by atoms with Gasteiger partial charge in [0.25, 0.3) is 0 Å². The average Bonchev–Trinajstić information content (AvgIpc) is 2.04. The molecule has 64 valence electrons. The van der Waals surface area contributed by atoms with Crippen molar-refractivity contribution in [2.45, 2.75) is 45.4 Å². The van der Waals surface area contributed by atoms with Crippen LogP contribution < -0.4 is 0 Å². The molecule has 11 heavy (non-hydrogen) atoms. The SMILES string of the molecule is CCCCCCCC(=O)[O][SnH]. The van der Waals surface area contributed by atoms with Crippen LogP contribution >= 0.6 is 0 Å². The molecule has 0 bridgehead atoms. The first-order valence-corrected chi connectivity index (χ1v) is 5.55. The van der Waals surface area contributed by atoms with Crippen molar-refractivity contribution in [3.8, 4) is 0 Å². The van der Waals surface area contributed by atoms with Gasteiger partial charge in [-0.1, -0.05) is 0 Å². The molecule has 0 amide bonds. The Morgan fingerprint density at radius 2 is 1.91 bits per heavy atom. The fraction of sp³-hybridized carbons (Fsp3) is 0.875. The Labute approximate surface area is 82.3 Å². The third-order valence-electron chi connectivity index (χ3n) is 1.62. The van der Waals surface area contributed by atoms with Crippen LogP contribution in [0.4, 0.5) is 0 Å². The minimum absolute atomic E-state index is 0.0242. The number of hydrogen-bond acceptors (Lipinski definition) is 2. The summed E-state index contributed by atoms with van der Waals surface area (Å²) < 4.78 is 4.65. The molecule has 0 saturated carbocycles. The fourth-order valence-corrected chi connectivity index (χ4v) is 1.27. The zero-order chi connectivity index (χ0) is 8.53. The van der Waals surface area contributed by atoms with Gasteiger partial charge in [0.15, 0.2) is 0 Å². The first-order chi connectivity index (χ1) is 5.31. The second kappa shape index (κ2) is 8.37. The topological polar surface area (TPSA) is 26.3 Å². The quantitative estimate of drug-likeness (QED) is 0.538. The predicted octanol–water partition coefficient (Wildman–Crippen LogP) is 1.71. The standard InChI is InChI=1S/C8H16O2.Sn.H/c1-2-3-4-5-6-7-8(9)10;;/h2-7H2,1H3,(H,9,10);;/q;+1;/p-1. The van der Waals surface area contributed by atoms with Crippen LogP contribution in [0.5, 0.6) is 0 Å². The Morgan fingerprint density at radius 3 is 2.45 bits per heavy atom. The molecule has 0 N–H and O–H groups in total. The van der Waals surface area contributed by atoms with Crippen LogP contribution in [0.15, 0.2) is 0 Å². The molecule has 0 aliphatic carbocycles. The normalized spacial score (nSPS) is 9.64. The van der Waals surface area contributed by atoms with Crippen LogP contribution in [0, 0.1) is 0 Å². The van der Waals surface area contributed by atoms with Gasteiger partial charge >= 0.3 is 82.2 Å². The molecule has 3 heteroatoms. The van der Waals surface area contributed by atoms with E-state index >= 15 is 0 Å². The summed E-state index contributed by atoms with van der Waals surface area (Å²) in [4.78, 5) is 10.7. The van der Waals surface area contributed by atoms with Crippen LogP contribution in [0.25, 0.3) is 0 Å². The van der Waals surface area contributed by atoms with Gasteiger partial charge in [-0.3, -0.25) is 0 Å². The van der Waals surface area contributed by atoms with Crippen LogP contribution in [-0.4, -0.2) is 28.9 Å². The molecule has 0 fully saturated rings. The van der Waals surface area contributed by atoms with Crippen LogP contribution in [0.3, 0.4) is 0 Å². The number of carbonyl (C=O) groups is 1. The van der Waals surface area contributed by atoms with E-state index in [1.165, 1.54) is 25.7 Å². The molecule has 2 nitrogen and oxygen atoms in total. The van der Waals surface area contributed by atoms with Gasteiger partial charge in [0.1, 0.15) is 0 Å². The van der Waals surface area contributed by atoms with E-state index in [9.17, 15) is 4.79 Å². The maximum atomic E-state index is 10.7. The molecule has 0 aromatic carbocycles. The van der Waals surface area contributed by atoms with Gasteiger partial charge < -0.3 is 0 Å². The van der Waals surface area contributed by atoms with E-state index in [1.54, 1.807) is 0 Å². The Morgan fingerprint density at radius 1 is 1.27 bits per heavy atom. The van der Waals surface area contributed by atoms with E-state index in [-0.39, 0.29) is 5.97 Å². The van der Waals surface area contributed by atoms with Gasteiger partial charge in [-0.15, -0.1) is 0 Å². The number of rotatable bonds is 6. The number of hydrogen-bond donors (Lipinski definition) is 0. The Hall–Kier alpha value is 0.269. The molecular formula is C8H16O2Sn. The number of carbonyl (C=O) groups excluding carboxylic acids is 1. The maximum absolute atomic E-state index is 10.7. The number of unbranched alkanes of at least 4 members (excludes halogenated alkanes) is 4. The second-order valence-electron chi connectivity index (χ2n) is 2.65. The summed E-state index contributed by atoms with van der Waals surface area (Å²) in [5, 5.41) is 0. The van der Waals surface area contributed by atoms with Crippen LogP contribution in [-0.2, 0) is 7.87 Å². The molecule has 0 aromatic heterocycles. The van der Waals surface area contributed by atoms with E-state index in [0.717, 1.165) is 6.42 Å². The monoisotopic (exact) mass is 264 g/mol. The van der Waals surface area contributed by atoms with Crippen molar-refractivity contribution in [2.24, 2.45) is 0 Å². The van der Waals surface area contributed by atoms with E-state index in [4.69, 9.17) is 0 Å². The molecule has 0 aromatic rings. The summed E-state index contributed by atoms with van der Waals surface area (Å²) in [7, 11) is 0. The van der Waals surface area contributed by atoms with Gasteiger partial charge in [-0.2, -0.15) is 0 Å². The van der Waals surface area contributed by atoms with Gasteiger partial charge in [0.05, 0.1) is 0 Å². The van der Waals surface area contributed by atoms with Crippen LogP contribution in [0.2, 0.25) is 0 Å². The van der Waals surface area contributed by atoms with Gasteiger partial charge in [0, 0.05) is 0 Å². The van der Waals surface area contributed by atoms with Crippen molar-refractivity contribution < 1.29 is 7.87 Å². The van der Waals surface area contributed by atoms with E-state index in [2.05, 4.69) is 10.00 Å². The summed E-state index contributed by atoms with van der Waals surface area (Å²) >= 11 is 0.600. The summed E-state index contributed by atoms with van der Waals surface area (Å²) in [6.45, 7) is 2.19. The zero-order valence-corrected chi connectivity index (χ0v) is 10.4. The minimum atomic E-state index is -0.0242. The second-order valence-corrected chi connectivity index (χ2v) is 3.33. The van der Waals surface area contributed by atoms with Gasteiger partial charge in [-0.05, 0) is 0 Å². The summed E-state index contributed by atoms with van der Waals surface area (Å²) in [5.74, 6) is -0.0242. The molecule has 0 aliphatic heterocycles. The Balaban J connectivity index is 2.95. The summed E-state index contributed by atoms with van der Waals surface area (Å²) in [6, 6.07) is 0. The van der Waals surface area contributed by atoms with E-state index in [0.29, 0.717) is 29.4 Å². The van der Waals surface area contributed by atoms with Crippen molar-refractivity contribution >= 4 is 28.9 Å². The first-order valence-electron chi connectivity index (χ1n) is 4.20. The molecule has 0 unspecified atom stereocenters. The third-order valence-corrected chi connectivity index (χ3v) is 2.37. The molecule has 0 spiro atoms. The van der Waals surface area contributed by atoms with Crippen molar-refractivity contribution in [1.29, 1.82) is 0 Å². The molecule has 0 atom stereocenters. The Bertz CT molecular complexity index is 104. The molecule has 0 aliphatic rings. The summed E-state index contributed by atoms with van der Waals surface area (Å²) in [6.07, 6.45) is 6.58. The van der Waals surface area contributed by atoms with Gasteiger partial charge in [0.2, 0.25) is 0 Å². The van der Waals surface area contributed by atoms with Crippen LogP contribution in [0.1, 0.15) is 45.4 Å². The molecular weight excluding hydrogens is 247 g/mol. The molecule has 0 saturated heterocycles. The van der Waals surface area contributed by atoms with E-state index < -0.39 is 0 Å². The third kappa shape index (κ3) is 8.17. The Kier molecular flexibility index (Phi) is 8.57. The van der Waals surface area contributed by atoms with Crippen molar-refractivity contribution in [2.75, 3.05) is 0 Å². The zero-order valence-electron chi connectivity index (χ0n) is 7.14. The predicted molar refractivity (Wildman–Crippen MR) is 46.6 cm³/mol. The molecule has 0 rings (SSSR count). The van der Waals surface area contributed by atoms with Gasteiger partial charge in [-0.25, -0.2) is 0 Å². The van der Waals surface area contributed by atoms with E-state index in [1.807, 2.05) is 0 Å². The average molecular weight is 263 g/mol. The van der Waals surface area contributed by atoms with Crippen molar-refractivity contribution in [1.82, 2.24) is 0 Å². The molecule has 0 heterocycles. The molecule has 2 radical (unpaired) electrons.